The van der Waals surface area contributed by atoms with Gasteiger partial charge in [0.1, 0.15) is 0 Å². The van der Waals surface area contributed by atoms with Crippen LogP contribution in [0, 0.1) is 6.92 Å². The van der Waals surface area contributed by atoms with Crippen LogP contribution in [0.5, 0.6) is 0 Å². The summed E-state index contributed by atoms with van der Waals surface area (Å²) in [5, 5.41) is 10.9. The van der Waals surface area contributed by atoms with Gasteiger partial charge in [0.15, 0.2) is 0 Å². The topological polar surface area (TPSA) is 9.86 Å². The zero-order chi connectivity index (χ0) is 24.1. The molecule has 0 aliphatic carbocycles. The van der Waals surface area contributed by atoms with Crippen LogP contribution in [0.1, 0.15) is 56.8 Å². The molecule has 178 valence electrons. The molecule has 0 saturated heterocycles. The third-order valence-electron chi connectivity index (χ3n) is 8.37. The summed E-state index contributed by atoms with van der Waals surface area (Å²) in [5.41, 5.74) is 5.41. The van der Waals surface area contributed by atoms with E-state index in [0.717, 1.165) is 0 Å². The van der Waals surface area contributed by atoms with Crippen molar-refractivity contribution >= 4 is 54.1 Å². The number of fused-ring (bicyclic) bond motifs is 9. The van der Waals surface area contributed by atoms with Crippen LogP contribution in [0.3, 0.4) is 0 Å². The van der Waals surface area contributed by atoms with E-state index >= 15 is 0 Å². The van der Waals surface area contributed by atoms with Crippen LogP contribution < -0.4 is 0 Å². The summed E-state index contributed by atoms with van der Waals surface area (Å²) >= 11 is 0. The van der Waals surface area contributed by atoms with E-state index in [9.17, 15) is 0 Å². The van der Waals surface area contributed by atoms with E-state index in [-0.39, 0.29) is 0 Å². The summed E-state index contributed by atoms with van der Waals surface area (Å²) in [6.45, 7) is 4.47. The van der Waals surface area contributed by atoms with Gasteiger partial charge in [-0.15, -0.1) is 0 Å². The van der Waals surface area contributed by atoms with Crippen LogP contribution in [0.4, 0.5) is 0 Å². The quantitative estimate of drug-likeness (QED) is 0.166. The average Bonchev–Trinajstić information content (AvgIpc) is 3.36. The zero-order valence-corrected chi connectivity index (χ0v) is 21.6. The van der Waals surface area contributed by atoms with Crippen LogP contribution in [-0.2, 0) is 20.5 Å². The van der Waals surface area contributed by atoms with Crippen molar-refractivity contribution in [2.24, 2.45) is 14.1 Å². The maximum Gasteiger partial charge on any atom is 0.0486 e. The SMILES string of the molecule is CCCCCCCCc1cc2c3ccc4c(ccc5c4ccc4c5cc(C)n4C)c3ccc2n1C. The van der Waals surface area contributed by atoms with Crippen molar-refractivity contribution in [1.29, 1.82) is 0 Å². The van der Waals surface area contributed by atoms with E-state index in [4.69, 9.17) is 0 Å². The van der Waals surface area contributed by atoms with Gasteiger partial charge in [-0.2, -0.15) is 0 Å². The first-order valence-electron chi connectivity index (χ1n) is 13.4. The van der Waals surface area contributed by atoms with Crippen molar-refractivity contribution in [3.63, 3.8) is 0 Å². The fraction of sp³-hybridized carbons (Fsp3) is 0.333. The normalized spacial score (nSPS) is 12.2. The van der Waals surface area contributed by atoms with Gasteiger partial charge in [-0.1, -0.05) is 75.4 Å². The van der Waals surface area contributed by atoms with E-state index in [1.54, 1.807) is 0 Å². The fourth-order valence-corrected chi connectivity index (χ4v) is 6.19. The minimum absolute atomic E-state index is 1.17. The molecular weight excluding hydrogens is 424 g/mol. The second-order valence-corrected chi connectivity index (χ2v) is 10.5. The molecule has 2 heteroatoms. The van der Waals surface area contributed by atoms with Crippen molar-refractivity contribution < 1.29 is 0 Å². The Morgan fingerprint density at radius 2 is 0.971 bits per heavy atom. The summed E-state index contributed by atoms with van der Waals surface area (Å²) in [4.78, 5) is 0. The maximum atomic E-state index is 2.45. The summed E-state index contributed by atoms with van der Waals surface area (Å²) in [5.74, 6) is 0. The lowest BCUT2D eigenvalue weighted by molar-refractivity contribution is 0.600. The van der Waals surface area contributed by atoms with E-state index in [2.05, 4.69) is 97.7 Å². The molecule has 0 unspecified atom stereocenters. The number of rotatable bonds is 7. The van der Waals surface area contributed by atoms with Gasteiger partial charge in [-0.05, 0) is 76.3 Å². The van der Waals surface area contributed by atoms with Crippen LogP contribution >= 0.6 is 0 Å². The van der Waals surface area contributed by atoms with E-state index in [1.807, 2.05) is 0 Å². The number of benzene rings is 4. The average molecular weight is 461 g/mol. The van der Waals surface area contributed by atoms with Crippen LogP contribution in [0.2, 0.25) is 0 Å². The van der Waals surface area contributed by atoms with Gasteiger partial charge >= 0.3 is 0 Å². The van der Waals surface area contributed by atoms with E-state index in [0.29, 0.717) is 0 Å². The van der Waals surface area contributed by atoms with Crippen molar-refractivity contribution in [2.75, 3.05) is 0 Å². The standard InChI is InChI=1S/C33H36N2/c1-5-6-7-8-9-10-11-23-21-31-29-15-13-24-25(27(29)17-19-33(31)35(23)4)12-14-28-26(24)16-18-32-30(28)20-22(2)34(32)3/h12-21H,5-11H2,1-4H3. The number of unbranched alkanes of at least 4 members (excludes halogenated alkanes) is 5. The molecule has 0 N–H and O–H groups in total. The molecule has 0 radical (unpaired) electrons. The maximum absolute atomic E-state index is 2.45. The van der Waals surface area contributed by atoms with Crippen molar-refractivity contribution in [3.8, 4) is 0 Å². The van der Waals surface area contributed by atoms with Gasteiger partial charge in [-0.3, -0.25) is 0 Å². The van der Waals surface area contributed by atoms with Crippen LogP contribution in [0.25, 0.3) is 54.1 Å². The molecule has 0 aliphatic rings. The molecule has 2 nitrogen and oxygen atoms in total. The highest BCUT2D eigenvalue weighted by Gasteiger charge is 2.13. The van der Waals surface area contributed by atoms with Crippen LogP contribution in [0.15, 0.2) is 60.7 Å². The lowest BCUT2D eigenvalue weighted by Crippen LogP contribution is -1.96. The van der Waals surface area contributed by atoms with Crippen molar-refractivity contribution in [2.45, 2.75) is 58.8 Å². The Kier molecular flexibility index (Phi) is 5.56. The molecule has 0 bridgehead atoms. The summed E-state index contributed by atoms with van der Waals surface area (Å²) in [6.07, 6.45) is 9.24. The Morgan fingerprint density at radius 3 is 1.57 bits per heavy atom. The minimum atomic E-state index is 1.17. The first-order valence-corrected chi connectivity index (χ1v) is 13.4. The predicted octanol–water partition coefficient (Wildman–Crippen LogP) is 9.34. The first-order chi connectivity index (χ1) is 17.1. The number of hydrogen-bond donors (Lipinski definition) is 0. The Balaban J connectivity index is 1.44. The van der Waals surface area contributed by atoms with Gasteiger partial charge in [-0.25, -0.2) is 0 Å². The largest absolute Gasteiger partial charge is 0.348 e. The Bertz CT molecular complexity index is 1710. The highest BCUT2D eigenvalue weighted by atomic mass is 14.9. The second-order valence-electron chi connectivity index (χ2n) is 10.5. The third kappa shape index (κ3) is 3.54. The Hall–Kier alpha value is -3.26. The van der Waals surface area contributed by atoms with E-state index in [1.165, 1.54) is 110 Å². The Labute approximate surface area is 208 Å². The van der Waals surface area contributed by atoms with Gasteiger partial charge in [0.05, 0.1) is 0 Å². The highest BCUT2D eigenvalue weighted by molar-refractivity contribution is 6.24. The third-order valence-corrected chi connectivity index (χ3v) is 8.37. The molecule has 6 aromatic rings. The summed E-state index contributed by atoms with van der Waals surface area (Å²) in [6, 6.07) is 23.4. The first kappa shape index (κ1) is 22.2. The van der Waals surface area contributed by atoms with Gasteiger partial charge in [0.2, 0.25) is 0 Å². The molecule has 6 rings (SSSR count). The number of hydrogen-bond acceptors (Lipinski definition) is 0. The molecule has 4 aromatic carbocycles. The molecule has 0 spiro atoms. The summed E-state index contributed by atoms with van der Waals surface area (Å²) in [7, 11) is 4.39. The predicted molar refractivity (Wildman–Crippen MR) is 154 cm³/mol. The van der Waals surface area contributed by atoms with Crippen molar-refractivity contribution in [3.05, 3.63) is 72.1 Å². The molecule has 35 heavy (non-hydrogen) atoms. The molecule has 0 saturated carbocycles. The van der Waals surface area contributed by atoms with Gasteiger partial charge < -0.3 is 9.13 Å². The zero-order valence-electron chi connectivity index (χ0n) is 21.6. The summed E-state index contributed by atoms with van der Waals surface area (Å²) < 4.78 is 4.70. The number of nitrogens with zero attached hydrogens (tertiary/aromatic N) is 2. The smallest absolute Gasteiger partial charge is 0.0486 e. The number of aryl methyl sites for hydroxylation is 4. The molecule has 2 aromatic heterocycles. The van der Waals surface area contributed by atoms with Gasteiger partial charge in [0.25, 0.3) is 0 Å². The highest BCUT2D eigenvalue weighted by Crippen LogP contribution is 2.38. The van der Waals surface area contributed by atoms with Crippen LogP contribution in [-0.4, -0.2) is 9.13 Å². The molecule has 0 aliphatic heterocycles. The fourth-order valence-electron chi connectivity index (χ4n) is 6.19. The molecule has 2 heterocycles. The minimum Gasteiger partial charge on any atom is -0.348 e. The monoisotopic (exact) mass is 460 g/mol. The molecule has 0 atom stereocenters. The molecule has 0 amide bonds. The van der Waals surface area contributed by atoms with Crippen molar-refractivity contribution in [1.82, 2.24) is 9.13 Å². The lowest BCUT2D eigenvalue weighted by atomic mass is 9.94. The number of aromatic nitrogens is 2. The Morgan fingerprint density at radius 1 is 0.514 bits per heavy atom. The van der Waals surface area contributed by atoms with E-state index < -0.39 is 0 Å². The molecule has 0 fully saturated rings. The second kappa shape index (κ2) is 8.75. The lowest BCUT2D eigenvalue weighted by Gasteiger charge is -2.10. The molecular formula is C33H36N2. The van der Waals surface area contributed by atoms with Gasteiger partial charge in [0, 0.05) is 47.3 Å².